The van der Waals surface area contributed by atoms with E-state index in [0.29, 0.717) is 11.4 Å². The van der Waals surface area contributed by atoms with Crippen LogP contribution in [0.1, 0.15) is 13.8 Å². The summed E-state index contributed by atoms with van der Waals surface area (Å²) in [5.41, 5.74) is 6.02. The van der Waals surface area contributed by atoms with Crippen LogP contribution in [-0.4, -0.2) is 20.8 Å². The van der Waals surface area contributed by atoms with Gasteiger partial charge in [0.1, 0.15) is 5.75 Å². The molecule has 0 aromatic heterocycles. The van der Waals surface area contributed by atoms with Crippen LogP contribution in [0, 0.1) is 0 Å². The molecule has 0 radical (unpaired) electrons. The predicted octanol–water partition coefficient (Wildman–Crippen LogP) is 1.46. The average molecular weight is 229 g/mol. The van der Waals surface area contributed by atoms with E-state index in [4.69, 9.17) is 10.5 Å². The Bertz CT molecular complexity index is 452. The standard InChI is InChI=1S/C10H15NO3S/c1-7(2)14-10-5-4-8(6-9(10)11)15(3,12)13/h4-7H,11H2,1-3H3. The first-order valence-electron chi connectivity index (χ1n) is 4.57. The zero-order valence-corrected chi connectivity index (χ0v) is 9.84. The van der Waals surface area contributed by atoms with Crippen LogP contribution in [0.15, 0.2) is 23.1 Å². The normalized spacial score (nSPS) is 11.7. The number of nitrogens with two attached hydrogens (primary N) is 1. The first-order chi connectivity index (χ1) is 6.80. The fourth-order valence-electron chi connectivity index (χ4n) is 1.12. The molecular weight excluding hydrogens is 214 g/mol. The van der Waals surface area contributed by atoms with Crippen LogP contribution in [0.25, 0.3) is 0 Å². The highest BCUT2D eigenvalue weighted by atomic mass is 32.2. The number of ether oxygens (including phenoxy) is 1. The van der Waals surface area contributed by atoms with Crippen LogP contribution in [0.4, 0.5) is 5.69 Å². The number of sulfone groups is 1. The summed E-state index contributed by atoms with van der Waals surface area (Å²) < 4.78 is 27.8. The van der Waals surface area contributed by atoms with Gasteiger partial charge in [-0.15, -0.1) is 0 Å². The van der Waals surface area contributed by atoms with E-state index in [0.717, 1.165) is 6.26 Å². The number of hydrogen-bond acceptors (Lipinski definition) is 4. The number of nitrogen functional groups attached to an aromatic ring is 1. The van der Waals surface area contributed by atoms with Crippen molar-refractivity contribution in [3.05, 3.63) is 18.2 Å². The molecule has 0 saturated carbocycles. The van der Waals surface area contributed by atoms with Gasteiger partial charge in [-0.2, -0.15) is 0 Å². The van der Waals surface area contributed by atoms with Gasteiger partial charge in [-0.3, -0.25) is 0 Å². The van der Waals surface area contributed by atoms with Gasteiger partial charge in [0.25, 0.3) is 0 Å². The lowest BCUT2D eigenvalue weighted by atomic mass is 10.3. The molecule has 2 N–H and O–H groups in total. The van der Waals surface area contributed by atoms with Gasteiger partial charge in [-0.05, 0) is 32.0 Å². The molecule has 0 aliphatic heterocycles. The van der Waals surface area contributed by atoms with Gasteiger partial charge in [0.05, 0.1) is 16.7 Å². The van der Waals surface area contributed by atoms with E-state index in [1.165, 1.54) is 12.1 Å². The van der Waals surface area contributed by atoms with Crippen molar-refractivity contribution < 1.29 is 13.2 Å². The molecule has 1 rings (SSSR count). The fourth-order valence-corrected chi connectivity index (χ4v) is 1.77. The van der Waals surface area contributed by atoms with E-state index in [9.17, 15) is 8.42 Å². The highest BCUT2D eigenvalue weighted by molar-refractivity contribution is 7.90. The SMILES string of the molecule is CC(C)Oc1ccc(S(C)(=O)=O)cc1N. The number of rotatable bonds is 3. The molecule has 0 heterocycles. The lowest BCUT2D eigenvalue weighted by Gasteiger charge is -2.12. The van der Waals surface area contributed by atoms with Crippen molar-refractivity contribution in [1.82, 2.24) is 0 Å². The largest absolute Gasteiger partial charge is 0.489 e. The third-order valence-corrected chi connectivity index (χ3v) is 2.88. The molecule has 0 bridgehead atoms. The van der Waals surface area contributed by atoms with Gasteiger partial charge in [-0.1, -0.05) is 0 Å². The Balaban J connectivity index is 3.09. The second kappa shape index (κ2) is 4.10. The lowest BCUT2D eigenvalue weighted by molar-refractivity contribution is 0.243. The third-order valence-electron chi connectivity index (χ3n) is 1.77. The Hall–Kier alpha value is -1.23. The van der Waals surface area contributed by atoms with E-state index in [2.05, 4.69) is 0 Å². The summed E-state index contributed by atoms with van der Waals surface area (Å²) in [6, 6.07) is 4.47. The fraction of sp³-hybridized carbons (Fsp3) is 0.400. The molecule has 1 aromatic carbocycles. The van der Waals surface area contributed by atoms with Gasteiger partial charge in [0, 0.05) is 6.26 Å². The molecule has 5 heteroatoms. The quantitative estimate of drug-likeness (QED) is 0.797. The minimum absolute atomic E-state index is 0.0105. The van der Waals surface area contributed by atoms with E-state index in [-0.39, 0.29) is 11.0 Å². The van der Waals surface area contributed by atoms with E-state index < -0.39 is 9.84 Å². The maximum Gasteiger partial charge on any atom is 0.175 e. The van der Waals surface area contributed by atoms with Gasteiger partial charge in [0.2, 0.25) is 0 Å². The van der Waals surface area contributed by atoms with E-state index in [1.807, 2.05) is 13.8 Å². The predicted molar refractivity (Wildman–Crippen MR) is 59.7 cm³/mol. The first-order valence-corrected chi connectivity index (χ1v) is 6.46. The summed E-state index contributed by atoms with van der Waals surface area (Å²) >= 11 is 0. The van der Waals surface area contributed by atoms with Gasteiger partial charge in [-0.25, -0.2) is 8.42 Å². The molecule has 15 heavy (non-hydrogen) atoms. The van der Waals surface area contributed by atoms with E-state index in [1.54, 1.807) is 6.07 Å². The zero-order chi connectivity index (χ0) is 11.6. The minimum atomic E-state index is -3.21. The maximum atomic E-state index is 11.2. The minimum Gasteiger partial charge on any atom is -0.489 e. The summed E-state index contributed by atoms with van der Waals surface area (Å²) in [6.07, 6.45) is 1.15. The Morgan fingerprint density at radius 3 is 2.33 bits per heavy atom. The van der Waals surface area contributed by atoms with Crippen LogP contribution >= 0.6 is 0 Å². The van der Waals surface area contributed by atoms with Crippen LogP contribution in [0.5, 0.6) is 5.75 Å². The van der Waals surface area contributed by atoms with Crippen LogP contribution < -0.4 is 10.5 Å². The monoisotopic (exact) mass is 229 g/mol. The third kappa shape index (κ3) is 3.13. The molecule has 4 nitrogen and oxygen atoms in total. The zero-order valence-electron chi connectivity index (χ0n) is 9.02. The van der Waals surface area contributed by atoms with Gasteiger partial charge >= 0.3 is 0 Å². The smallest absolute Gasteiger partial charge is 0.175 e. The summed E-state index contributed by atoms with van der Waals surface area (Å²) in [7, 11) is -3.21. The second-order valence-electron chi connectivity index (χ2n) is 3.64. The molecule has 0 fully saturated rings. The van der Waals surface area contributed by atoms with Crippen molar-refractivity contribution in [2.24, 2.45) is 0 Å². The highest BCUT2D eigenvalue weighted by Gasteiger charge is 2.10. The van der Waals surface area contributed by atoms with Crippen LogP contribution in [0.2, 0.25) is 0 Å². The second-order valence-corrected chi connectivity index (χ2v) is 5.65. The summed E-state index contributed by atoms with van der Waals surface area (Å²) in [6.45, 7) is 3.76. The summed E-state index contributed by atoms with van der Waals surface area (Å²) in [5.74, 6) is 0.511. The Morgan fingerprint density at radius 1 is 1.33 bits per heavy atom. The summed E-state index contributed by atoms with van der Waals surface area (Å²) in [5, 5.41) is 0. The molecule has 1 aromatic rings. The van der Waals surface area contributed by atoms with Gasteiger partial charge < -0.3 is 10.5 Å². The van der Waals surface area contributed by atoms with Crippen molar-refractivity contribution in [3.63, 3.8) is 0 Å². The van der Waals surface area contributed by atoms with Crippen LogP contribution in [-0.2, 0) is 9.84 Å². The highest BCUT2D eigenvalue weighted by Crippen LogP contribution is 2.25. The molecular formula is C10H15NO3S. The van der Waals surface area contributed by atoms with Crippen molar-refractivity contribution in [1.29, 1.82) is 0 Å². The number of anilines is 1. The Labute approximate surface area is 90.0 Å². The topological polar surface area (TPSA) is 69.4 Å². The van der Waals surface area contributed by atoms with Gasteiger partial charge in [0.15, 0.2) is 9.84 Å². The molecule has 0 atom stereocenters. The Morgan fingerprint density at radius 2 is 1.93 bits per heavy atom. The first kappa shape index (κ1) is 11.8. The molecule has 84 valence electrons. The number of hydrogen-bond donors (Lipinski definition) is 1. The Kier molecular flexibility index (Phi) is 3.24. The molecule has 0 aliphatic rings. The van der Waals surface area contributed by atoms with E-state index >= 15 is 0 Å². The molecule has 0 saturated heterocycles. The molecule has 0 unspecified atom stereocenters. The molecule has 0 aliphatic carbocycles. The average Bonchev–Trinajstić information content (AvgIpc) is 2.05. The van der Waals surface area contributed by atoms with Crippen molar-refractivity contribution in [2.45, 2.75) is 24.8 Å². The summed E-state index contributed by atoms with van der Waals surface area (Å²) in [4.78, 5) is 0.205. The maximum absolute atomic E-state index is 11.2. The molecule has 0 spiro atoms. The van der Waals surface area contributed by atoms with Crippen molar-refractivity contribution in [2.75, 3.05) is 12.0 Å². The van der Waals surface area contributed by atoms with Crippen LogP contribution in [0.3, 0.4) is 0 Å². The van der Waals surface area contributed by atoms with Crippen molar-refractivity contribution in [3.8, 4) is 5.75 Å². The molecule has 0 amide bonds. The van der Waals surface area contributed by atoms with Crippen molar-refractivity contribution >= 4 is 15.5 Å². The number of benzene rings is 1. The lowest BCUT2D eigenvalue weighted by Crippen LogP contribution is -2.08.